The Kier molecular flexibility index (Phi) is 7.29. The molecule has 2 saturated heterocycles. The number of hydrogen-bond donors (Lipinski definition) is 1. The Morgan fingerprint density at radius 2 is 1.48 bits per heavy atom. The van der Waals surface area contributed by atoms with Crippen LogP contribution in [0.2, 0.25) is 5.02 Å². The fourth-order valence-corrected chi connectivity index (χ4v) is 10.6. The van der Waals surface area contributed by atoms with E-state index in [1.54, 1.807) is 35.2 Å². The maximum absolute atomic E-state index is 15.5. The Hall–Kier alpha value is -4.75. The van der Waals surface area contributed by atoms with Gasteiger partial charge in [-0.1, -0.05) is 109 Å². The number of anilines is 1. The van der Waals surface area contributed by atoms with E-state index >= 15 is 4.79 Å². The van der Waals surface area contributed by atoms with E-state index in [0.29, 0.717) is 28.1 Å². The number of benzene rings is 4. The second kappa shape index (κ2) is 11.7. The van der Waals surface area contributed by atoms with E-state index in [4.69, 9.17) is 11.6 Å². The van der Waals surface area contributed by atoms with E-state index in [2.05, 4.69) is 6.08 Å². The lowest BCUT2D eigenvalue weighted by Gasteiger charge is -2.51. The zero-order chi connectivity index (χ0) is 34.3. The fourth-order valence-electron chi connectivity index (χ4n) is 10.4. The van der Waals surface area contributed by atoms with Crippen molar-refractivity contribution >= 4 is 51.7 Å². The van der Waals surface area contributed by atoms with Crippen LogP contribution in [0.5, 0.6) is 5.75 Å². The summed E-state index contributed by atoms with van der Waals surface area (Å²) in [5, 5.41) is 12.8. The van der Waals surface area contributed by atoms with Crippen LogP contribution in [0, 0.1) is 23.7 Å². The van der Waals surface area contributed by atoms with E-state index in [0.717, 1.165) is 48.6 Å². The first-order valence-electron chi connectivity index (χ1n) is 17.8. The van der Waals surface area contributed by atoms with Crippen LogP contribution in [0.25, 0.3) is 10.8 Å². The van der Waals surface area contributed by atoms with E-state index < -0.39 is 35.0 Å². The molecule has 0 aromatic heterocycles. The summed E-state index contributed by atoms with van der Waals surface area (Å²) in [6, 6.07) is 27.4. The van der Waals surface area contributed by atoms with Gasteiger partial charge >= 0.3 is 0 Å². The van der Waals surface area contributed by atoms with Gasteiger partial charge in [0.1, 0.15) is 5.75 Å². The van der Waals surface area contributed by atoms with Crippen molar-refractivity contribution in [2.45, 2.75) is 62.3 Å². The van der Waals surface area contributed by atoms with E-state index in [1.807, 2.05) is 60.7 Å². The molecule has 4 aromatic rings. The molecule has 0 radical (unpaired) electrons. The van der Waals surface area contributed by atoms with Gasteiger partial charge in [0.05, 0.1) is 28.9 Å². The average molecular weight is 685 g/mol. The highest BCUT2D eigenvalue weighted by molar-refractivity contribution is 6.32. The summed E-state index contributed by atoms with van der Waals surface area (Å²) < 4.78 is 0. The third kappa shape index (κ3) is 4.28. The van der Waals surface area contributed by atoms with Crippen LogP contribution in [0.1, 0.15) is 62.0 Å². The Balaban J connectivity index is 1.30. The van der Waals surface area contributed by atoms with Crippen LogP contribution in [0.4, 0.5) is 5.69 Å². The van der Waals surface area contributed by atoms with Crippen molar-refractivity contribution in [3.63, 3.8) is 0 Å². The van der Waals surface area contributed by atoms with Crippen LogP contribution in [0.3, 0.4) is 0 Å². The Morgan fingerprint density at radius 3 is 2.24 bits per heavy atom. The number of phenols is 1. The maximum Gasteiger partial charge on any atom is 0.246 e. The molecule has 4 aromatic carbocycles. The quantitative estimate of drug-likeness (QED) is 0.176. The lowest BCUT2D eigenvalue weighted by Crippen LogP contribution is -2.53. The third-order valence-electron chi connectivity index (χ3n) is 12.4. The van der Waals surface area contributed by atoms with Crippen molar-refractivity contribution in [3.8, 4) is 5.75 Å². The summed E-state index contributed by atoms with van der Waals surface area (Å²) in [4.78, 5) is 62.1. The molecule has 2 aliphatic heterocycles. The summed E-state index contributed by atoms with van der Waals surface area (Å²) in [5.74, 6) is -3.80. The number of carbonyl (C=O) groups is 4. The van der Waals surface area contributed by atoms with Gasteiger partial charge in [0, 0.05) is 22.4 Å². The normalized spacial score (nSPS) is 29.6. The zero-order valence-electron chi connectivity index (χ0n) is 27.5. The minimum Gasteiger partial charge on any atom is -0.507 e. The number of phenolic OH excluding ortho intramolecular Hbond substituents is 1. The number of halogens is 1. The topological polar surface area (TPSA) is 95.0 Å². The van der Waals surface area contributed by atoms with Crippen LogP contribution < -0.4 is 4.90 Å². The number of hydrogen-bond acceptors (Lipinski definition) is 5. The van der Waals surface area contributed by atoms with E-state index in [9.17, 15) is 19.5 Å². The maximum atomic E-state index is 15.5. The van der Waals surface area contributed by atoms with Gasteiger partial charge in [0.15, 0.2) is 0 Å². The predicted molar refractivity (Wildman–Crippen MR) is 190 cm³/mol. The molecule has 4 amide bonds. The smallest absolute Gasteiger partial charge is 0.246 e. The van der Waals surface area contributed by atoms with Gasteiger partial charge in [-0.15, -0.1) is 0 Å². The Bertz CT molecular complexity index is 2120. The molecule has 5 aliphatic rings. The first-order chi connectivity index (χ1) is 24.3. The zero-order valence-corrected chi connectivity index (χ0v) is 28.3. The summed E-state index contributed by atoms with van der Waals surface area (Å²) in [6.07, 6.45) is 7.51. The molecule has 252 valence electrons. The fraction of sp³-hybridized carbons (Fsp3) is 0.333. The van der Waals surface area contributed by atoms with Crippen molar-refractivity contribution in [1.29, 1.82) is 0 Å². The third-order valence-corrected chi connectivity index (χ3v) is 12.6. The molecule has 2 heterocycles. The molecule has 50 heavy (non-hydrogen) atoms. The molecule has 8 heteroatoms. The molecule has 3 aliphatic carbocycles. The first kappa shape index (κ1) is 31.2. The number of nitrogens with zero attached hydrogens (tertiary/aromatic N) is 2. The molecule has 2 saturated carbocycles. The minimum absolute atomic E-state index is 0.0883. The first-order valence-corrected chi connectivity index (χ1v) is 18.2. The molecule has 0 unspecified atom stereocenters. The number of amides is 4. The van der Waals surface area contributed by atoms with Gasteiger partial charge in [-0.2, -0.15) is 0 Å². The molecule has 4 fully saturated rings. The predicted octanol–water partition coefficient (Wildman–Crippen LogP) is 7.69. The highest BCUT2D eigenvalue weighted by Crippen LogP contribution is 2.65. The number of imide groups is 2. The van der Waals surface area contributed by atoms with E-state index in [1.165, 1.54) is 4.90 Å². The monoisotopic (exact) mass is 684 g/mol. The largest absolute Gasteiger partial charge is 0.507 e. The van der Waals surface area contributed by atoms with Crippen molar-refractivity contribution in [2.75, 3.05) is 4.90 Å². The molecular formula is C42H37ClN2O5. The second-order valence-electron chi connectivity index (χ2n) is 14.7. The lowest BCUT2D eigenvalue weighted by molar-refractivity contribution is -0.143. The van der Waals surface area contributed by atoms with Crippen LogP contribution in [-0.2, 0) is 24.6 Å². The van der Waals surface area contributed by atoms with Crippen LogP contribution >= 0.6 is 11.6 Å². The summed E-state index contributed by atoms with van der Waals surface area (Å²) in [7, 11) is 0. The van der Waals surface area contributed by atoms with Crippen LogP contribution in [0.15, 0.2) is 103 Å². The minimum atomic E-state index is -1.37. The molecule has 1 N–H and O–H groups in total. The molecular weight excluding hydrogens is 648 g/mol. The number of likely N-dealkylation sites (tertiary alicyclic amines) is 1. The Morgan fingerprint density at radius 1 is 0.740 bits per heavy atom. The van der Waals surface area contributed by atoms with Crippen molar-refractivity contribution in [2.24, 2.45) is 23.7 Å². The summed E-state index contributed by atoms with van der Waals surface area (Å²) in [5.41, 5.74) is 1.47. The highest BCUT2D eigenvalue weighted by atomic mass is 35.5. The van der Waals surface area contributed by atoms with E-state index in [-0.39, 0.29) is 41.8 Å². The lowest BCUT2D eigenvalue weighted by atomic mass is 9.49. The van der Waals surface area contributed by atoms with Gasteiger partial charge < -0.3 is 5.11 Å². The number of allylic oxidation sites excluding steroid dienone is 2. The Labute approximate surface area is 295 Å². The number of aromatic hydroxyl groups is 1. The summed E-state index contributed by atoms with van der Waals surface area (Å²) >= 11 is 6.44. The van der Waals surface area contributed by atoms with Gasteiger partial charge in [-0.3, -0.25) is 24.1 Å². The molecule has 6 atom stereocenters. The van der Waals surface area contributed by atoms with Gasteiger partial charge in [-0.05, 0) is 72.4 Å². The van der Waals surface area contributed by atoms with Gasteiger partial charge in [0.25, 0.3) is 0 Å². The van der Waals surface area contributed by atoms with Crippen molar-refractivity contribution < 1.29 is 24.3 Å². The average Bonchev–Trinajstić information content (AvgIpc) is 3.53. The SMILES string of the molecule is O=C1[C@@H]2C[C@@H]3C(=CC[C@@H]4C(=O)N(C5CCCCC5)C(=O)[C@@H]43)[C@H](c3ccc(O)c4ccccc34)[C@]2(c2ccccc2)C(=O)N1c1cccc(Cl)c1. The van der Waals surface area contributed by atoms with Gasteiger partial charge in [-0.25, -0.2) is 4.90 Å². The number of fused-ring (bicyclic) bond motifs is 5. The molecule has 0 bridgehead atoms. The van der Waals surface area contributed by atoms with Crippen molar-refractivity contribution in [1.82, 2.24) is 4.90 Å². The van der Waals surface area contributed by atoms with Crippen LogP contribution in [-0.4, -0.2) is 39.7 Å². The number of rotatable bonds is 4. The van der Waals surface area contributed by atoms with Crippen molar-refractivity contribution in [3.05, 3.63) is 119 Å². The molecule has 7 nitrogen and oxygen atoms in total. The number of carbonyl (C=O) groups excluding carboxylic acids is 4. The molecule has 9 rings (SSSR count). The molecule has 0 spiro atoms. The standard InChI is InChI=1S/C42H37ClN2O5/c43-25-12-9-15-27(22-25)45-39(48)34-23-33-31(18-19-32-36(33)40(49)44(38(32)47)26-13-5-2-6-14-26)37(42(34,41(45)50)24-10-3-1-4-11-24)30-20-21-35(46)29-17-8-7-16-28(29)30/h1,3-4,7-12,15-18,20-22,26,32-34,36-37,46H,2,5-6,13-14,19,23H2/t32-,33+,34-,36-,37-,42+/m0/s1. The summed E-state index contributed by atoms with van der Waals surface area (Å²) in [6.45, 7) is 0. The second-order valence-corrected chi connectivity index (χ2v) is 15.1. The highest BCUT2D eigenvalue weighted by Gasteiger charge is 2.70. The van der Waals surface area contributed by atoms with Gasteiger partial charge in [0.2, 0.25) is 23.6 Å².